The maximum Gasteiger partial charge on any atom is 0.416 e. The first kappa shape index (κ1) is 17.4. The van der Waals surface area contributed by atoms with E-state index < -0.39 is 30.1 Å². The molecular formula is C13H8F6N2OS. The highest BCUT2D eigenvalue weighted by molar-refractivity contribution is 7.99. The third kappa shape index (κ3) is 4.75. The zero-order chi connectivity index (χ0) is 17.0. The van der Waals surface area contributed by atoms with Gasteiger partial charge in [0.15, 0.2) is 5.83 Å². The van der Waals surface area contributed by atoms with Gasteiger partial charge in [-0.1, -0.05) is 29.1 Å². The van der Waals surface area contributed by atoms with Crippen molar-refractivity contribution in [3.63, 3.8) is 0 Å². The maximum atomic E-state index is 12.6. The van der Waals surface area contributed by atoms with E-state index in [-0.39, 0.29) is 22.4 Å². The molecule has 1 aromatic heterocycles. The molecule has 0 unspecified atom stereocenters. The highest BCUT2D eigenvalue weighted by Gasteiger charge is 2.30. The first-order valence-corrected chi connectivity index (χ1v) is 7.09. The number of rotatable bonds is 5. The van der Waals surface area contributed by atoms with E-state index in [4.69, 9.17) is 4.52 Å². The van der Waals surface area contributed by atoms with E-state index in [0.29, 0.717) is 0 Å². The van der Waals surface area contributed by atoms with Crippen LogP contribution >= 0.6 is 11.8 Å². The van der Waals surface area contributed by atoms with Crippen molar-refractivity contribution in [1.82, 2.24) is 10.1 Å². The molecule has 0 radical (unpaired) electrons. The summed E-state index contributed by atoms with van der Waals surface area (Å²) >= 11 is 0.821. The van der Waals surface area contributed by atoms with E-state index in [2.05, 4.69) is 10.1 Å². The molecule has 0 spiro atoms. The molecule has 0 N–H and O–H groups in total. The molecule has 0 aliphatic rings. The second-order valence-corrected chi connectivity index (χ2v) is 5.27. The highest BCUT2D eigenvalue weighted by Crippen LogP contribution is 2.32. The fourth-order valence-corrected chi connectivity index (χ4v) is 2.24. The van der Waals surface area contributed by atoms with Crippen LogP contribution in [0.1, 0.15) is 12.0 Å². The molecule has 0 saturated carbocycles. The molecule has 0 fully saturated rings. The van der Waals surface area contributed by atoms with E-state index >= 15 is 0 Å². The quantitative estimate of drug-likeness (QED) is 0.538. The maximum absolute atomic E-state index is 12.6. The number of nitrogens with zero attached hydrogens (tertiary/aromatic N) is 2. The van der Waals surface area contributed by atoms with Gasteiger partial charge in [-0.3, -0.25) is 0 Å². The lowest BCUT2D eigenvalue weighted by atomic mass is 10.1. The lowest BCUT2D eigenvalue weighted by Crippen LogP contribution is -2.04. The van der Waals surface area contributed by atoms with E-state index in [9.17, 15) is 26.3 Å². The van der Waals surface area contributed by atoms with Gasteiger partial charge in [0.05, 0.1) is 5.56 Å². The predicted octanol–water partition coefficient (Wildman–Crippen LogP) is 5.32. The summed E-state index contributed by atoms with van der Waals surface area (Å²) in [6.45, 7) is 0. The number of alkyl halides is 3. The second-order valence-electron chi connectivity index (χ2n) is 4.23. The second kappa shape index (κ2) is 7.07. The lowest BCUT2D eigenvalue weighted by molar-refractivity contribution is -0.137. The van der Waals surface area contributed by atoms with Crippen molar-refractivity contribution in [2.75, 3.05) is 5.75 Å². The van der Waals surface area contributed by atoms with E-state index in [1.54, 1.807) is 0 Å². The fraction of sp³-hybridized carbons (Fsp3) is 0.231. The molecule has 1 heterocycles. The fourth-order valence-electron chi connectivity index (χ4n) is 1.54. The number of hydrogen-bond acceptors (Lipinski definition) is 4. The standard InChI is InChI=1S/C13H8F6N2OS/c14-9(10(15)16)4-5-23-12-20-11(21-22-12)7-2-1-3-8(6-7)13(17,18)19/h1-3,6H,4-5H2. The third-order valence-electron chi connectivity index (χ3n) is 2.61. The van der Waals surface area contributed by atoms with E-state index in [0.717, 1.165) is 23.9 Å². The van der Waals surface area contributed by atoms with Crippen LogP contribution < -0.4 is 0 Å². The van der Waals surface area contributed by atoms with Gasteiger partial charge < -0.3 is 4.52 Å². The van der Waals surface area contributed by atoms with Crippen molar-refractivity contribution in [3.05, 3.63) is 41.7 Å². The van der Waals surface area contributed by atoms with Gasteiger partial charge in [0, 0.05) is 17.7 Å². The van der Waals surface area contributed by atoms with Crippen LogP contribution in [0.4, 0.5) is 26.3 Å². The Kier molecular flexibility index (Phi) is 5.34. The Morgan fingerprint density at radius 3 is 2.57 bits per heavy atom. The normalized spacial score (nSPS) is 11.6. The Bertz CT molecular complexity index is 708. The first-order valence-electron chi connectivity index (χ1n) is 6.11. The van der Waals surface area contributed by atoms with Gasteiger partial charge in [0.25, 0.3) is 5.22 Å². The molecule has 0 amide bonds. The highest BCUT2D eigenvalue weighted by atomic mass is 32.2. The van der Waals surface area contributed by atoms with Gasteiger partial charge in [-0.2, -0.15) is 26.9 Å². The number of allylic oxidation sites excluding steroid dienone is 1. The summed E-state index contributed by atoms with van der Waals surface area (Å²) in [5.41, 5.74) is -0.768. The lowest BCUT2D eigenvalue weighted by Gasteiger charge is -2.06. The van der Waals surface area contributed by atoms with Gasteiger partial charge in [0.2, 0.25) is 5.82 Å². The summed E-state index contributed by atoms with van der Waals surface area (Å²) in [5.74, 6) is -1.69. The molecule has 0 bridgehead atoms. The first-order chi connectivity index (χ1) is 10.8. The van der Waals surface area contributed by atoms with Gasteiger partial charge >= 0.3 is 12.3 Å². The summed E-state index contributed by atoms with van der Waals surface area (Å²) < 4.78 is 79.0. The zero-order valence-electron chi connectivity index (χ0n) is 11.2. The summed E-state index contributed by atoms with van der Waals surface area (Å²) in [7, 11) is 0. The summed E-state index contributed by atoms with van der Waals surface area (Å²) in [6.07, 6.45) is -7.41. The Labute approximate surface area is 130 Å². The Morgan fingerprint density at radius 1 is 1.17 bits per heavy atom. The summed E-state index contributed by atoms with van der Waals surface area (Å²) in [6, 6.07) is 4.33. The van der Waals surface area contributed by atoms with Gasteiger partial charge in [-0.15, -0.1) is 0 Å². The molecule has 0 aliphatic carbocycles. The van der Waals surface area contributed by atoms with Crippen LogP contribution in [0.2, 0.25) is 0 Å². The van der Waals surface area contributed by atoms with Crippen molar-refractivity contribution in [2.24, 2.45) is 0 Å². The van der Waals surface area contributed by atoms with Crippen molar-refractivity contribution < 1.29 is 30.9 Å². The average molecular weight is 354 g/mol. The van der Waals surface area contributed by atoms with Crippen LogP contribution in [0, 0.1) is 0 Å². The van der Waals surface area contributed by atoms with Gasteiger partial charge in [-0.25, -0.2) is 4.39 Å². The van der Waals surface area contributed by atoms with Crippen LogP contribution in [0.5, 0.6) is 0 Å². The smallest absolute Gasteiger partial charge is 0.327 e. The Morgan fingerprint density at radius 2 is 1.91 bits per heavy atom. The number of thioether (sulfide) groups is 1. The molecule has 0 atom stereocenters. The van der Waals surface area contributed by atoms with Crippen LogP contribution in [0.25, 0.3) is 11.4 Å². The van der Waals surface area contributed by atoms with Crippen molar-refractivity contribution >= 4 is 11.8 Å². The summed E-state index contributed by atoms with van der Waals surface area (Å²) in [4.78, 5) is 3.84. The van der Waals surface area contributed by atoms with Crippen LogP contribution in [-0.4, -0.2) is 15.9 Å². The van der Waals surface area contributed by atoms with Crippen LogP contribution in [0.15, 0.2) is 45.9 Å². The Balaban J connectivity index is 2.06. The largest absolute Gasteiger partial charge is 0.416 e. The number of benzene rings is 1. The van der Waals surface area contributed by atoms with Crippen molar-refractivity contribution in [2.45, 2.75) is 17.8 Å². The molecule has 124 valence electrons. The number of aromatic nitrogens is 2. The average Bonchev–Trinajstić information content (AvgIpc) is 2.95. The molecule has 0 aliphatic heterocycles. The Hall–Kier alpha value is -1.97. The minimum absolute atomic E-state index is 0.0514. The molecular weight excluding hydrogens is 346 g/mol. The van der Waals surface area contributed by atoms with Gasteiger partial charge in [0.1, 0.15) is 0 Å². The third-order valence-corrected chi connectivity index (χ3v) is 3.43. The SMILES string of the molecule is FC(F)=C(F)CCSc1nc(-c2cccc(C(F)(F)F)c2)no1. The van der Waals surface area contributed by atoms with Crippen LogP contribution in [0.3, 0.4) is 0 Å². The number of hydrogen-bond donors (Lipinski definition) is 0. The molecule has 2 aromatic rings. The summed E-state index contributed by atoms with van der Waals surface area (Å²) in [5, 5.41) is 3.46. The molecule has 23 heavy (non-hydrogen) atoms. The topological polar surface area (TPSA) is 38.9 Å². The van der Waals surface area contributed by atoms with E-state index in [1.165, 1.54) is 12.1 Å². The molecule has 0 saturated heterocycles. The monoisotopic (exact) mass is 354 g/mol. The molecule has 3 nitrogen and oxygen atoms in total. The van der Waals surface area contributed by atoms with Crippen molar-refractivity contribution in [1.29, 1.82) is 0 Å². The van der Waals surface area contributed by atoms with Crippen molar-refractivity contribution in [3.8, 4) is 11.4 Å². The predicted molar refractivity (Wildman–Crippen MR) is 70.4 cm³/mol. The molecule has 10 heteroatoms. The van der Waals surface area contributed by atoms with E-state index in [1.807, 2.05) is 0 Å². The minimum atomic E-state index is -4.50. The van der Waals surface area contributed by atoms with Crippen LogP contribution in [-0.2, 0) is 6.18 Å². The number of halogens is 6. The molecule has 2 rings (SSSR count). The van der Waals surface area contributed by atoms with Gasteiger partial charge in [-0.05, 0) is 12.1 Å². The minimum Gasteiger partial charge on any atom is -0.327 e. The molecule has 1 aromatic carbocycles. The zero-order valence-corrected chi connectivity index (χ0v) is 12.0.